The van der Waals surface area contributed by atoms with E-state index in [0.717, 1.165) is 44.8 Å². The number of carbonyl (C=O) groups excluding carboxylic acids is 1. The Hall–Kier alpha value is -2.33. The first-order chi connectivity index (χ1) is 13.5. The molecule has 0 atom stereocenters. The van der Waals surface area contributed by atoms with E-state index >= 15 is 0 Å². The van der Waals surface area contributed by atoms with E-state index in [1.54, 1.807) is 0 Å². The molecular formula is C24H33N3O. The Bertz CT molecular complexity index is 777. The van der Waals surface area contributed by atoms with Crippen LogP contribution in [-0.2, 0) is 6.54 Å². The Kier molecular flexibility index (Phi) is 6.74. The molecule has 4 heteroatoms. The van der Waals surface area contributed by atoms with Gasteiger partial charge in [-0.2, -0.15) is 0 Å². The summed E-state index contributed by atoms with van der Waals surface area (Å²) in [5.74, 6) is 0.145. The minimum Gasteiger partial charge on any atom is -0.368 e. The molecule has 0 spiro atoms. The molecule has 0 aromatic heterocycles. The normalized spacial score (nSPS) is 14.8. The third-order valence-electron chi connectivity index (χ3n) is 5.66. The predicted molar refractivity (Wildman–Crippen MR) is 117 cm³/mol. The van der Waals surface area contributed by atoms with Gasteiger partial charge in [-0.05, 0) is 62.7 Å². The number of amides is 1. The van der Waals surface area contributed by atoms with Crippen molar-refractivity contribution in [1.29, 1.82) is 0 Å². The highest BCUT2D eigenvalue weighted by atomic mass is 16.2. The van der Waals surface area contributed by atoms with Crippen molar-refractivity contribution < 1.29 is 4.79 Å². The van der Waals surface area contributed by atoms with Crippen molar-refractivity contribution in [3.8, 4) is 0 Å². The molecule has 0 radical (unpaired) electrons. The lowest BCUT2D eigenvalue weighted by molar-refractivity contribution is 0.0746. The van der Waals surface area contributed by atoms with Crippen LogP contribution in [0.2, 0.25) is 0 Å². The van der Waals surface area contributed by atoms with Crippen LogP contribution in [0.15, 0.2) is 48.5 Å². The highest BCUT2D eigenvalue weighted by Gasteiger charge is 2.22. The molecule has 1 heterocycles. The van der Waals surface area contributed by atoms with Crippen molar-refractivity contribution in [1.82, 2.24) is 9.80 Å². The van der Waals surface area contributed by atoms with Gasteiger partial charge in [-0.25, -0.2) is 0 Å². The molecule has 1 aliphatic heterocycles. The van der Waals surface area contributed by atoms with E-state index in [1.807, 2.05) is 17.0 Å². The number of aryl methyl sites for hydroxylation is 1. The quantitative estimate of drug-likeness (QED) is 0.753. The number of piperazine rings is 1. The van der Waals surface area contributed by atoms with E-state index < -0.39 is 0 Å². The summed E-state index contributed by atoms with van der Waals surface area (Å²) >= 11 is 0. The SMILES string of the molecule is CCN(Cc1ccc(C(=O)N2CCN(c3cccc(C)c3)CC2)cc1)C(C)C. The van der Waals surface area contributed by atoms with E-state index in [4.69, 9.17) is 0 Å². The molecule has 150 valence electrons. The molecule has 1 fully saturated rings. The van der Waals surface area contributed by atoms with Gasteiger partial charge < -0.3 is 9.80 Å². The average molecular weight is 380 g/mol. The molecular weight excluding hydrogens is 346 g/mol. The lowest BCUT2D eigenvalue weighted by atomic mass is 10.1. The number of nitrogens with zero attached hydrogens (tertiary/aromatic N) is 3. The van der Waals surface area contributed by atoms with E-state index in [9.17, 15) is 4.79 Å². The fourth-order valence-electron chi connectivity index (χ4n) is 3.82. The van der Waals surface area contributed by atoms with Gasteiger partial charge in [0.25, 0.3) is 5.91 Å². The van der Waals surface area contributed by atoms with Crippen LogP contribution in [0.1, 0.15) is 42.3 Å². The first-order valence-electron chi connectivity index (χ1n) is 10.4. The number of anilines is 1. The molecule has 28 heavy (non-hydrogen) atoms. The van der Waals surface area contributed by atoms with Crippen LogP contribution >= 0.6 is 0 Å². The summed E-state index contributed by atoms with van der Waals surface area (Å²) < 4.78 is 0. The Labute approximate surface area is 169 Å². The molecule has 0 unspecified atom stereocenters. The number of carbonyl (C=O) groups is 1. The summed E-state index contributed by atoms with van der Waals surface area (Å²) in [5, 5.41) is 0. The van der Waals surface area contributed by atoms with Gasteiger partial charge in [0.1, 0.15) is 0 Å². The van der Waals surface area contributed by atoms with E-state index in [-0.39, 0.29) is 5.91 Å². The molecule has 0 N–H and O–H groups in total. The smallest absolute Gasteiger partial charge is 0.253 e. The standard InChI is InChI=1S/C24H33N3O/c1-5-25(19(2)3)18-21-9-11-22(12-10-21)24(28)27-15-13-26(14-16-27)23-8-6-7-20(4)17-23/h6-12,17,19H,5,13-16,18H2,1-4H3. The fraction of sp³-hybridized carbons (Fsp3) is 0.458. The molecule has 3 rings (SSSR count). The van der Waals surface area contributed by atoms with Gasteiger partial charge in [-0.3, -0.25) is 9.69 Å². The maximum Gasteiger partial charge on any atom is 0.253 e. The summed E-state index contributed by atoms with van der Waals surface area (Å²) in [4.78, 5) is 19.7. The van der Waals surface area contributed by atoms with Gasteiger partial charge in [0.05, 0.1) is 0 Å². The maximum absolute atomic E-state index is 12.9. The lowest BCUT2D eigenvalue weighted by Crippen LogP contribution is -2.48. The van der Waals surface area contributed by atoms with Gasteiger partial charge in [0.15, 0.2) is 0 Å². The summed E-state index contributed by atoms with van der Waals surface area (Å²) in [7, 11) is 0. The summed E-state index contributed by atoms with van der Waals surface area (Å²) in [6.45, 7) is 14.0. The van der Waals surface area contributed by atoms with Crippen molar-refractivity contribution in [2.45, 2.75) is 40.3 Å². The molecule has 1 amide bonds. The van der Waals surface area contributed by atoms with Gasteiger partial charge in [-0.15, -0.1) is 0 Å². The Morgan fingerprint density at radius 3 is 2.29 bits per heavy atom. The van der Waals surface area contributed by atoms with E-state index in [1.165, 1.54) is 16.8 Å². The molecule has 1 saturated heterocycles. The van der Waals surface area contributed by atoms with Gasteiger partial charge >= 0.3 is 0 Å². The zero-order valence-electron chi connectivity index (χ0n) is 17.7. The van der Waals surface area contributed by atoms with Crippen LogP contribution in [0.25, 0.3) is 0 Å². The minimum atomic E-state index is 0.145. The third-order valence-corrected chi connectivity index (χ3v) is 5.66. The molecule has 2 aromatic rings. The molecule has 4 nitrogen and oxygen atoms in total. The van der Waals surface area contributed by atoms with Crippen LogP contribution in [-0.4, -0.2) is 54.5 Å². The van der Waals surface area contributed by atoms with Crippen LogP contribution in [0, 0.1) is 6.92 Å². The molecule has 0 bridgehead atoms. The summed E-state index contributed by atoms with van der Waals surface area (Å²) in [5.41, 5.74) is 4.58. The maximum atomic E-state index is 12.9. The van der Waals surface area contributed by atoms with Gasteiger partial charge in [0.2, 0.25) is 0 Å². The minimum absolute atomic E-state index is 0.145. The number of hydrogen-bond donors (Lipinski definition) is 0. The Morgan fingerprint density at radius 2 is 1.71 bits per heavy atom. The van der Waals surface area contributed by atoms with Crippen molar-refractivity contribution in [2.24, 2.45) is 0 Å². The van der Waals surface area contributed by atoms with Crippen LogP contribution in [0.5, 0.6) is 0 Å². The zero-order valence-corrected chi connectivity index (χ0v) is 17.7. The van der Waals surface area contributed by atoms with Crippen LogP contribution in [0.3, 0.4) is 0 Å². The molecule has 0 saturated carbocycles. The summed E-state index contributed by atoms with van der Waals surface area (Å²) in [6.07, 6.45) is 0. The molecule has 0 aliphatic carbocycles. The second-order valence-corrected chi connectivity index (χ2v) is 7.97. The first-order valence-corrected chi connectivity index (χ1v) is 10.4. The first kappa shape index (κ1) is 20.4. The second-order valence-electron chi connectivity index (χ2n) is 7.97. The van der Waals surface area contributed by atoms with E-state index in [2.05, 4.69) is 73.9 Å². The number of benzene rings is 2. The average Bonchev–Trinajstić information content (AvgIpc) is 2.72. The second kappa shape index (κ2) is 9.24. The topological polar surface area (TPSA) is 26.8 Å². The van der Waals surface area contributed by atoms with Crippen LogP contribution in [0.4, 0.5) is 5.69 Å². The fourth-order valence-corrected chi connectivity index (χ4v) is 3.82. The number of rotatable bonds is 6. The molecule has 1 aliphatic rings. The number of hydrogen-bond acceptors (Lipinski definition) is 3. The van der Waals surface area contributed by atoms with Crippen molar-refractivity contribution in [2.75, 3.05) is 37.6 Å². The Balaban J connectivity index is 1.57. The zero-order chi connectivity index (χ0) is 20.1. The molecule has 2 aromatic carbocycles. The summed E-state index contributed by atoms with van der Waals surface area (Å²) in [6, 6.07) is 17.3. The van der Waals surface area contributed by atoms with E-state index in [0.29, 0.717) is 6.04 Å². The lowest BCUT2D eigenvalue weighted by Gasteiger charge is -2.36. The largest absolute Gasteiger partial charge is 0.368 e. The highest BCUT2D eigenvalue weighted by Crippen LogP contribution is 2.19. The highest BCUT2D eigenvalue weighted by molar-refractivity contribution is 5.94. The van der Waals surface area contributed by atoms with Crippen molar-refractivity contribution in [3.63, 3.8) is 0 Å². The van der Waals surface area contributed by atoms with Crippen molar-refractivity contribution in [3.05, 3.63) is 65.2 Å². The van der Waals surface area contributed by atoms with Crippen molar-refractivity contribution >= 4 is 11.6 Å². The van der Waals surface area contributed by atoms with Gasteiger partial charge in [0, 0.05) is 50.0 Å². The third kappa shape index (κ3) is 4.93. The Morgan fingerprint density at radius 1 is 1.04 bits per heavy atom. The predicted octanol–water partition coefficient (Wildman–Crippen LogP) is 4.19. The monoisotopic (exact) mass is 379 g/mol. The van der Waals surface area contributed by atoms with Crippen LogP contribution < -0.4 is 4.90 Å². The van der Waals surface area contributed by atoms with Gasteiger partial charge in [-0.1, -0.05) is 31.2 Å².